The molecule has 0 fully saturated rings. The van der Waals surface area contributed by atoms with Gasteiger partial charge < -0.3 is 40.0 Å². The summed E-state index contributed by atoms with van der Waals surface area (Å²) in [6.07, 6.45) is 16.5. The number of hydrogen-bond donors (Lipinski definition) is 6. The second-order valence-electron chi connectivity index (χ2n) is 29.9. The van der Waals surface area contributed by atoms with E-state index in [0.717, 1.165) is 167 Å². The SMILES string of the molecule is CC(=O)OCCOc1ccc(C#Cc2cc(C(=O)Nc3cccc(-c4c5nc(c(-c6ccccc6)c6ccc([nH]6)c(-c6ccccc6)c6nc(c(-c7ccccc7)c7ccc4[nH]7)C=C6)C=C5)c3)nc(C(=O)Nc3cccc(-c4c5nc(c(-c6ccccc6)c6ccc([nH]6)c(-c6ccccc6)c6nc(c(-c7ccccc7)c7ccc4[nH]7)C=C6)C=C5)c3)c2)cc1. The number of nitrogens with one attached hydrogen (secondary N) is 6. The Labute approximate surface area is 707 Å². The summed E-state index contributed by atoms with van der Waals surface area (Å²) >= 11 is 0. The summed E-state index contributed by atoms with van der Waals surface area (Å²) in [6, 6.07) is 104. The minimum absolute atomic E-state index is 0.0753. The van der Waals surface area contributed by atoms with Gasteiger partial charge in [-0.25, -0.2) is 24.9 Å². The highest BCUT2D eigenvalue weighted by Gasteiger charge is 2.25. The predicted octanol–water partition coefficient (Wildman–Crippen LogP) is 24.2. The molecule has 0 atom stereocenters. The summed E-state index contributed by atoms with van der Waals surface area (Å²) in [4.78, 5) is 84.4. The van der Waals surface area contributed by atoms with E-state index in [1.165, 1.54) is 6.92 Å². The zero-order valence-corrected chi connectivity index (χ0v) is 66.3. The first-order chi connectivity index (χ1) is 60.6. The molecule has 4 aliphatic heterocycles. The van der Waals surface area contributed by atoms with Crippen LogP contribution in [0, 0.1) is 11.8 Å². The summed E-state index contributed by atoms with van der Waals surface area (Å²) in [6.45, 7) is 1.61. The van der Waals surface area contributed by atoms with Crippen molar-refractivity contribution in [3.8, 4) is 107 Å². The van der Waals surface area contributed by atoms with Crippen molar-refractivity contribution in [2.45, 2.75) is 6.92 Å². The van der Waals surface area contributed by atoms with E-state index in [2.05, 4.69) is 200 Å². The van der Waals surface area contributed by atoms with E-state index in [1.807, 2.05) is 170 Å². The van der Waals surface area contributed by atoms with E-state index in [9.17, 15) is 4.79 Å². The third-order valence-corrected chi connectivity index (χ3v) is 21.9. The molecular formula is C107H73N11O5. The van der Waals surface area contributed by atoms with Crippen molar-refractivity contribution in [2.24, 2.45) is 0 Å². The summed E-state index contributed by atoms with van der Waals surface area (Å²) < 4.78 is 10.9. The highest BCUT2D eigenvalue weighted by Crippen LogP contribution is 2.43. The maximum Gasteiger partial charge on any atom is 0.302 e. The van der Waals surface area contributed by atoms with E-state index < -0.39 is 17.8 Å². The first-order valence-electron chi connectivity index (χ1n) is 40.5. The number of pyridine rings is 1. The third kappa shape index (κ3) is 15.4. The van der Waals surface area contributed by atoms with Gasteiger partial charge in [0.25, 0.3) is 11.8 Å². The lowest BCUT2D eigenvalue weighted by atomic mass is 10.0. The Bertz CT molecular complexity index is 7010. The second-order valence-corrected chi connectivity index (χ2v) is 29.9. The maximum atomic E-state index is 15.4. The zero-order valence-electron chi connectivity index (χ0n) is 66.3. The Hall–Kier alpha value is -16.9. The fourth-order valence-electron chi connectivity index (χ4n) is 16.3. The van der Waals surface area contributed by atoms with Gasteiger partial charge in [0.2, 0.25) is 0 Å². The number of nitrogens with zero attached hydrogens (tertiary/aromatic N) is 5. The van der Waals surface area contributed by atoms with Gasteiger partial charge in [0.15, 0.2) is 0 Å². The Kier molecular flexibility index (Phi) is 20.0. The first-order valence-corrected chi connectivity index (χ1v) is 40.5. The van der Waals surface area contributed by atoms with Crippen molar-refractivity contribution in [3.05, 3.63) is 384 Å². The summed E-state index contributed by atoms with van der Waals surface area (Å²) in [5, 5.41) is 6.33. The van der Waals surface area contributed by atoms with Crippen LogP contribution in [0.1, 0.15) is 84.6 Å². The molecule has 11 heterocycles. The van der Waals surface area contributed by atoms with E-state index >= 15 is 9.59 Å². The van der Waals surface area contributed by atoms with Crippen LogP contribution in [-0.4, -0.2) is 75.9 Å². The zero-order chi connectivity index (χ0) is 82.7. The monoisotopic (exact) mass is 1590 g/mol. The molecule has 123 heavy (non-hydrogen) atoms. The molecule has 20 rings (SSSR count). The van der Waals surface area contributed by atoms with Crippen molar-refractivity contribution < 1.29 is 23.9 Å². The van der Waals surface area contributed by atoms with Crippen LogP contribution >= 0.6 is 0 Å². The van der Waals surface area contributed by atoms with Gasteiger partial charge in [0, 0.05) is 118 Å². The van der Waals surface area contributed by atoms with Crippen molar-refractivity contribution in [1.82, 2.24) is 44.9 Å². The van der Waals surface area contributed by atoms with E-state index in [-0.39, 0.29) is 24.6 Å². The van der Waals surface area contributed by atoms with Crippen LogP contribution < -0.4 is 15.4 Å². The van der Waals surface area contributed by atoms with Gasteiger partial charge in [-0.15, -0.1) is 0 Å². The topological polar surface area (TPSA) is 221 Å². The number of aromatic amines is 4. The number of ether oxygens (including phenoxy) is 2. The lowest BCUT2D eigenvalue weighted by Gasteiger charge is -2.11. The van der Waals surface area contributed by atoms with Gasteiger partial charge in [0.05, 0.1) is 45.6 Å². The average Bonchev–Trinajstić information content (AvgIpc) is 1.62. The molecular weight excluding hydrogens is 1520 g/mol. The number of carbonyl (C=O) groups excluding carboxylic acids is 3. The average molecular weight is 1590 g/mol. The number of fused-ring (bicyclic) bond motifs is 16. The summed E-state index contributed by atoms with van der Waals surface area (Å²) in [7, 11) is 0. The van der Waals surface area contributed by atoms with E-state index in [4.69, 9.17) is 34.4 Å². The van der Waals surface area contributed by atoms with Gasteiger partial charge in [-0.05, 0) is 202 Å². The molecule has 6 N–H and O–H groups in total. The molecule has 9 aromatic carbocycles. The predicted molar refractivity (Wildman–Crippen MR) is 496 cm³/mol. The molecule has 0 spiro atoms. The lowest BCUT2D eigenvalue weighted by molar-refractivity contribution is -0.141. The molecule has 0 aliphatic carbocycles. The van der Waals surface area contributed by atoms with Crippen molar-refractivity contribution >= 4 is 122 Å². The smallest absolute Gasteiger partial charge is 0.302 e. The summed E-state index contributed by atoms with van der Waals surface area (Å²) in [5.41, 5.74) is 28.8. The number of aromatic nitrogens is 9. The number of amides is 2. The molecule has 0 unspecified atom stereocenters. The first kappa shape index (κ1) is 74.9. The van der Waals surface area contributed by atoms with Crippen LogP contribution in [0.15, 0.2) is 315 Å². The van der Waals surface area contributed by atoms with Crippen LogP contribution in [0.25, 0.3) is 182 Å². The second kappa shape index (κ2) is 32.9. The number of esters is 1. The van der Waals surface area contributed by atoms with Crippen LogP contribution in [0.3, 0.4) is 0 Å². The number of rotatable bonds is 16. The lowest BCUT2D eigenvalue weighted by Crippen LogP contribution is -2.19. The summed E-state index contributed by atoms with van der Waals surface area (Å²) in [5.74, 6) is 5.41. The fraction of sp³-hybridized carbons (Fsp3) is 0.0280. The highest BCUT2D eigenvalue weighted by molar-refractivity contribution is 6.09. The van der Waals surface area contributed by atoms with Crippen LogP contribution in [0.4, 0.5) is 11.4 Å². The molecule has 4 aliphatic rings. The third-order valence-electron chi connectivity index (χ3n) is 21.9. The largest absolute Gasteiger partial charge is 0.490 e. The number of hydrogen-bond acceptors (Lipinski definition) is 10. The van der Waals surface area contributed by atoms with Gasteiger partial charge in [-0.1, -0.05) is 218 Å². The highest BCUT2D eigenvalue weighted by atomic mass is 16.6. The van der Waals surface area contributed by atoms with Gasteiger partial charge in [0.1, 0.15) is 30.4 Å². The molecule has 2 amide bonds. The maximum absolute atomic E-state index is 15.4. The Morgan fingerprint density at radius 1 is 0.276 bits per heavy atom. The van der Waals surface area contributed by atoms with Crippen LogP contribution in [-0.2, 0) is 9.53 Å². The molecule has 16 heteroatoms. The molecule has 586 valence electrons. The molecule has 16 aromatic rings. The number of H-pyrrole nitrogens is 4. The quantitative estimate of drug-likeness (QED) is 0.0305. The normalized spacial score (nSPS) is 11.7. The van der Waals surface area contributed by atoms with Gasteiger partial charge >= 0.3 is 5.97 Å². The minimum Gasteiger partial charge on any atom is -0.490 e. The van der Waals surface area contributed by atoms with Crippen LogP contribution in [0.2, 0.25) is 0 Å². The minimum atomic E-state index is -0.602. The van der Waals surface area contributed by atoms with E-state index in [1.54, 1.807) is 36.4 Å². The van der Waals surface area contributed by atoms with Crippen molar-refractivity contribution in [2.75, 3.05) is 23.8 Å². The Morgan fingerprint density at radius 2 is 0.537 bits per heavy atom. The fourth-order valence-corrected chi connectivity index (χ4v) is 16.3. The van der Waals surface area contributed by atoms with Crippen molar-refractivity contribution in [3.63, 3.8) is 0 Å². The molecule has 0 saturated heterocycles. The Balaban J connectivity index is 0.695. The molecule has 0 saturated carbocycles. The Morgan fingerprint density at radius 3 is 0.813 bits per heavy atom. The van der Waals surface area contributed by atoms with Gasteiger partial charge in [-0.2, -0.15) is 0 Å². The van der Waals surface area contributed by atoms with Gasteiger partial charge in [-0.3, -0.25) is 14.4 Å². The molecule has 16 nitrogen and oxygen atoms in total. The standard InChI is InChI=1S/C107H73N11O5/c1-66(119)122-60-61-123-79-42-40-67(41-43-79)38-39-68-62-96(106(120)108-77-36-20-34-75(64-77)104-92-56-52-88(114-92)100(71-26-12-4-13-27-71)84-48-44-80(110-84)98(69-22-8-2-9-23-69)81-45-49-85(111-81)101(72-28-14-5-15-29-72)89-53-57-93(104)115-89)118-97(63-68)107(121)109-78-37-21-35-76(65-78)105-94-58-54-90(116-94)102(73-30-16-6-17-31-73)86-50-46-82(112-86)99(70-24-10-3-11-25-70)83-47-51-87(113-83)103(74-32-18-7-19-33-74)91-55-59-95(105)117-91/h2-37,40-59,62-65,110,112,115,117H,60-61H2,1H3,(H,108,120)(H,109,121). The molecule has 16 bridgehead atoms. The molecule has 0 radical (unpaired) electrons. The molecule has 7 aromatic heterocycles. The number of carbonyl (C=O) groups is 3. The van der Waals surface area contributed by atoms with Crippen molar-refractivity contribution in [1.29, 1.82) is 0 Å². The van der Waals surface area contributed by atoms with E-state index in [0.29, 0.717) is 39.6 Å². The van der Waals surface area contributed by atoms with Crippen LogP contribution in [0.5, 0.6) is 5.75 Å². The number of anilines is 2. The number of benzene rings is 9.